The lowest BCUT2D eigenvalue weighted by Crippen LogP contribution is -2.43. The van der Waals surface area contributed by atoms with E-state index in [0.29, 0.717) is 30.4 Å². The molecule has 0 bridgehead atoms. The minimum Gasteiger partial charge on any atom is -0.379 e. The number of hydrazone groups is 1. The molecule has 4 rings (SSSR count). The Bertz CT molecular complexity index is 817. The fourth-order valence-electron chi connectivity index (χ4n) is 4.49. The summed E-state index contributed by atoms with van der Waals surface area (Å²) in [4.78, 5) is 29.3. The number of benzene rings is 1. The number of likely N-dealkylation sites (tertiary alicyclic amines) is 1. The summed E-state index contributed by atoms with van der Waals surface area (Å²) < 4.78 is 18.7. The number of ether oxygens (including phenoxy) is 1. The molecule has 0 radical (unpaired) electrons. The van der Waals surface area contributed by atoms with E-state index in [-0.39, 0.29) is 18.1 Å². The van der Waals surface area contributed by atoms with E-state index < -0.39 is 11.9 Å². The van der Waals surface area contributed by atoms with Gasteiger partial charge in [-0.3, -0.25) is 19.5 Å². The van der Waals surface area contributed by atoms with Crippen LogP contribution in [0.15, 0.2) is 29.4 Å². The molecule has 2 fully saturated rings. The van der Waals surface area contributed by atoms with E-state index in [1.165, 1.54) is 29.3 Å². The van der Waals surface area contributed by atoms with Gasteiger partial charge in [-0.1, -0.05) is 0 Å². The standard InChI is InChI=1S/C22H30FN5O3/c23-17-1-3-18(4-2-17)28-20(21(24)29)15-19(25-28)22(30)27-9-6-16(7-10-27)5-8-26-11-13-31-14-12-26/h1-4,16,20H,5-15H2,(H2,24,29). The number of anilines is 1. The smallest absolute Gasteiger partial charge is 0.270 e. The second kappa shape index (κ2) is 9.74. The first-order valence-corrected chi connectivity index (χ1v) is 11.0. The maximum atomic E-state index is 13.3. The molecule has 1 aromatic carbocycles. The molecule has 168 valence electrons. The van der Waals surface area contributed by atoms with Gasteiger partial charge in [0.15, 0.2) is 0 Å². The number of rotatable bonds is 6. The largest absolute Gasteiger partial charge is 0.379 e. The van der Waals surface area contributed by atoms with Crippen LogP contribution in [0.2, 0.25) is 0 Å². The summed E-state index contributed by atoms with van der Waals surface area (Å²) in [5, 5.41) is 5.83. The molecule has 2 amide bonds. The highest BCUT2D eigenvalue weighted by molar-refractivity contribution is 6.40. The molecule has 0 spiro atoms. The van der Waals surface area contributed by atoms with Crippen molar-refractivity contribution in [3.05, 3.63) is 30.1 Å². The zero-order valence-electron chi connectivity index (χ0n) is 17.7. The Morgan fingerprint density at radius 2 is 1.77 bits per heavy atom. The van der Waals surface area contributed by atoms with Crippen LogP contribution < -0.4 is 10.7 Å². The zero-order valence-corrected chi connectivity index (χ0v) is 17.7. The van der Waals surface area contributed by atoms with Gasteiger partial charge in [0.25, 0.3) is 5.91 Å². The summed E-state index contributed by atoms with van der Waals surface area (Å²) in [7, 11) is 0. The van der Waals surface area contributed by atoms with Crippen molar-refractivity contribution >= 4 is 23.2 Å². The van der Waals surface area contributed by atoms with Gasteiger partial charge >= 0.3 is 0 Å². The molecule has 31 heavy (non-hydrogen) atoms. The van der Waals surface area contributed by atoms with Gasteiger partial charge in [0.05, 0.1) is 18.9 Å². The van der Waals surface area contributed by atoms with E-state index in [9.17, 15) is 14.0 Å². The predicted octanol–water partition coefficient (Wildman–Crippen LogP) is 1.21. The van der Waals surface area contributed by atoms with Crippen molar-refractivity contribution < 1.29 is 18.7 Å². The summed E-state index contributed by atoms with van der Waals surface area (Å²) in [5.41, 5.74) is 6.41. The van der Waals surface area contributed by atoms with Crippen LogP contribution in [0.4, 0.5) is 10.1 Å². The molecule has 0 aliphatic carbocycles. The molecular formula is C22H30FN5O3. The average molecular weight is 432 g/mol. The Balaban J connectivity index is 1.33. The second-order valence-corrected chi connectivity index (χ2v) is 8.47. The molecule has 1 unspecified atom stereocenters. The monoisotopic (exact) mass is 431 g/mol. The number of primary amides is 1. The molecule has 3 heterocycles. The number of amides is 2. The van der Waals surface area contributed by atoms with Crippen LogP contribution in [0, 0.1) is 11.7 Å². The molecule has 0 aromatic heterocycles. The van der Waals surface area contributed by atoms with Crippen molar-refractivity contribution in [2.45, 2.75) is 31.7 Å². The molecule has 1 aromatic rings. The Hall–Kier alpha value is -2.52. The third-order valence-corrected chi connectivity index (χ3v) is 6.44. The molecule has 1 atom stereocenters. The van der Waals surface area contributed by atoms with Crippen molar-refractivity contribution in [1.29, 1.82) is 0 Å². The Morgan fingerprint density at radius 3 is 2.42 bits per heavy atom. The van der Waals surface area contributed by atoms with Gasteiger partial charge in [0.2, 0.25) is 5.91 Å². The number of carbonyl (C=O) groups is 2. The first kappa shape index (κ1) is 21.7. The lowest BCUT2D eigenvalue weighted by molar-refractivity contribution is -0.125. The summed E-state index contributed by atoms with van der Waals surface area (Å²) in [5.74, 6) is -0.456. The van der Waals surface area contributed by atoms with Gasteiger partial charge in [0.1, 0.15) is 17.6 Å². The molecule has 9 heteroatoms. The highest BCUT2D eigenvalue weighted by atomic mass is 19.1. The number of halogens is 1. The fraction of sp³-hybridized carbons (Fsp3) is 0.591. The highest BCUT2D eigenvalue weighted by Gasteiger charge is 2.37. The van der Waals surface area contributed by atoms with Gasteiger partial charge in [-0.15, -0.1) is 0 Å². The van der Waals surface area contributed by atoms with E-state index in [1.807, 2.05) is 4.90 Å². The highest BCUT2D eigenvalue weighted by Crippen LogP contribution is 2.27. The van der Waals surface area contributed by atoms with Gasteiger partial charge in [-0.25, -0.2) is 4.39 Å². The van der Waals surface area contributed by atoms with E-state index >= 15 is 0 Å². The molecule has 2 saturated heterocycles. The average Bonchev–Trinajstić information content (AvgIpc) is 3.25. The number of carbonyl (C=O) groups excluding carboxylic acids is 2. The number of piperidine rings is 1. The van der Waals surface area contributed by atoms with Gasteiger partial charge in [-0.05, 0) is 56.0 Å². The Labute approximate surface area is 181 Å². The number of morpholine rings is 1. The number of nitrogens with zero attached hydrogens (tertiary/aromatic N) is 4. The Kier molecular flexibility index (Phi) is 6.82. The van der Waals surface area contributed by atoms with Crippen LogP contribution in [-0.2, 0) is 14.3 Å². The van der Waals surface area contributed by atoms with E-state index in [0.717, 1.165) is 52.1 Å². The van der Waals surface area contributed by atoms with Crippen molar-refractivity contribution in [1.82, 2.24) is 9.80 Å². The molecule has 8 nitrogen and oxygen atoms in total. The van der Waals surface area contributed by atoms with E-state index in [1.54, 1.807) is 0 Å². The van der Waals surface area contributed by atoms with Crippen molar-refractivity contribution in [2.24, 2.45) is 16.8 Å². The van der Waals surface area contributed by atoms with Crippen LogP contribution in [-0.4, -0.2) is 79.3 Å². The van der Waals surface area contributed by atoms with Crippen LogP contribution in [0.3, 0.4) is 0 Å². The van der Waals surface area contributed by atoms with Crippen LogP contribution in [0.25, 0.3) is 0 Å². The lowest BCUT2D eigenvalue weighted by Gasteiger charge is -2.34. The number of hydrogen-bond donors (Lipinski definition) is 1. The maximum absolute atomic E-state index is 13.3. The van der Waals surface area contributed by atoms with Crippen LogP contribution in [0.5, 0.6) is 0 Å². The summed E-state index contributed by atoms with van der Waals surface area (Å²) in [6, 6.07) is 4.91. The molecular weight excluding hydrogens is 401 g/mol. The molecule has 3 aliphatic rings. The molecule has 0 saturated carbocycles. The quantitative estimate of drug-likeness (QED) is 0.731. The van der Waals surface area contributed by atoms with E-state index in [2.05, 4.69) is 10.0 Å². The van der Waals surface area contributed by atoms with Crippen LogP contribution >= 0.6 is 0 Å². The normalized spacial score (nSPS) is 23.1. The fourth-order valence-corrected chi connectivity index (χ4v) is 4.49. The topological polar surface area (TPSA) is 91.5 Å². The van der Waals surface area contributed by atoms with Gasteiger partial charge < -0.3 is 15.4 Å². The zero-order chi connectivity index (χ0) is 21.8. The first-order chi connectivity index (χ1) is 15.0. The predicted molar refractivity (Wildman–Crippen MR) is 115 cm³/mol. The Morgan fingerprint density at radius 1 is 1.10 bits per heavy atom. The van der Waals surface area contributed by atoms with Crippen molar-refractivity contribution in [3.63, 3.8) is 0 Å². The first-order valence-electron chi connectivity index (χ1n) is 11.0. The maximum Gasteiger partial charge on any atom is 0.270 e. The summed E-state index contributed by atoms with van der Waals surface area (Å²) in [6.45, 7) is 6.12. The minimum atomic E-state index is -0.740. The third kappa shape index (κ3) is 5.22. The third-order valence-electron chi connectivity index (χ3n) is 6.44. The molecule has 3 aliphatic heterocycles. The second-order valence-electron chi connectivity index (χ2n) is 8.47. The van der Waals surface area contributed by atoms with Crippen molar-refractivity contribution in [3.8, 4) is 0 Å². The lowest BCUT2D eigenvalue weighted by atomic mass is 9.93. The number of nitrogens with two attached hydrogens (primary N) is 1. The summed E-state index contributed by atoms with van der Waals surface area (Å²) >= 11 is 0. The van der Waals surface area contributed by atoms with Crippen molar-refractivity contribution in [2.75, 3.05) is 50.9 Å². The van der Waals surface area contributed by atoms with E-state index in [4.69, 9.17) is 10.5 Å². The molecule has 2 N–H and O–H groups in total. The SMILES string of the molecule is NC(=O)C1CC(C(=O)N2CCC(CCN3CCOCC3)CC2)=NN1c1ccc(F)cc1. The number of hydrogen-bond acceptors (Lipinski definition) is 6. The minimum absolute atomic E-state index is 0.137. The summed E-state index contributed by atoms with van der Waals surface area (Å²) in [6.07, 6.45) is 3.27. The van der Waals surface area contributed by atoms with Gasteiger partial charge in [-0.2, -0.15) is 5.10 Å². The van der Waals surface area contributed by atoms with Gasteiger partial charge in [0, 0.05) is 32.6 Å². The van der Waals surface area contributed by atoms with Crippen LogP contribution in [0.1, 0.15) is 25.7 Å².